The highest BCUT2D eigenvalue weighted by Gasteiger charge is 2.18. The van der Waals surface area contributed by atoms with Crippen LogP contribution in [0.15, 0.2) is 78.9 Å². The number of nitrogens with zero attached hydrogens (tertiary/aromatic N) is 1. The Labute approximate surface area is 176 Å². The molecule has 0 atom stereocenters. The van der Waals surface area contributed by atoms with Crippen LogP contribution < -0.4 is 0 Å². The van der Waals surface area contributed by atoms with Gasteiger partial charge in [-0.2, -0.15) is 0 Å². The van der Waals surface area contributed by atoms with E-state index in [0.717, 1.165) is 33.9 Å². The van der Waals surface area contributed by atoms with Crippen molar-refractivity contribution in [1.29, 1.82) is 0 Å². The zero-order chi connectivity index (χ0) is 21.3. The Morgan fingerprint density at radius 2 is 1.50 bits per heavy atom. The molecule has 0 aliphatic heterocycles. The maximum absolute atomic E-state index is 11.5. The van der Waals surface area contributed by atoms with Gasteiger partial charge in [0.15, 0.2) is 0 Å². The summed E-state index contributed by atoms with van der Waals surface area (Å²) in [5.74, 6) is -0.201. The highest BCUT2D eigenvalue weighted by atomic mass is 16.4. The van der Waals surface area contributed by atoms with Gasteiger partial charge < -0.3 is 10.1 Å². The molecular weight excluding hydrogens is 372 g/mol. The Morgan fingerprint density at radius 1 is 0.833 bits per heavy atom. The number of carboxylic acids is 1. The molecule has 4 aromatic rings. The number of hydrogen-bond acceptors (Lipinski definition) is 2. The van der Waals surface area contributed by atoms with Crippen LogP contribution in [-0.2, 0) is 5.41 Å². The maximum atomic E-state index is 11.5. The molecular formula is C26H24N2O2. The van der Waals surface area contributed by atoms with Crippen molar-refractivity contribution in [2.24, 2.45) is 0 Å². The molecule has 4 heteroatoms. The van der Waals surface area contributed by atoms with Crippen LogP contribution in [0.5, 0.6) is 0 Å². The summed E-state index contributed by atoms with van der Waals surface area (Å²) in [6.45, 7) is 6.57. The molecule has 0 saturated heterocycles. The first-order valence-corrected chi connectivity index (χ1v) is 9.93. The number of aromatic amines is 1. The molecule has 0 spiro atoms. The predicted molar refractivity (Wildman–Crippen MR) is 121 cm³/mol. The van der Waals surface area contributed by atoms with Crippen molar-refractivity contribution in [1.82, 2.24) is 9.97 Å². The van der Waals surface area contributed by atoms with E-state index in [9.17, 15) is 9.90 Å². The third kappa shape index (κ3) is 3.90. The Kier molecular flexibility index (Phi) is 5.00. The number of carbonyl (C=O) groups is 1. The van der Waals surface area contributed by atoms with Crippen molar-refractivity contribution in [2.45, 2.75) is 26.2 Å². The van der Waals surface area contributed by atoms with Gasteiger partial charge in [-0.05, 0) is 23.1 Å². The number of imidazole rings is 1. The van der Waals surface area contributed by atoms with Crippen LogP contribution in [0.3, 0.4) is 0 Å². The molecule has 0 bridgehead atoms. The SMILES string of the molecule is CC(C)(C)c1ccc(-c2[nH]c(-c3ccccc3)nc2-c2cccc(C(=O)O)c2)cc1. The fourth-order valence-electron chi connectivity index (χ4n) is 3.46. The third-order valence-electron chi connectivity index (χ3n) is 5.17. The summed E-state index contributed by atoms with van der Waals surface area (Å²) in [5.41, 5.74) is 5.93. The van der Waals surface area contributed by atoms with E-state index in [1.54, 1.807) is 18.2 Å². The first kappa shape index (κ1) is 19.6. The van der Waals surface area contributed by atoms with E-state index in [1.807, 2.05) is 36.4 Å². The summed E-state index contributed by atoms with van der Waals surface area (Å²) in [6, 6.07) is 25.3. The van der Waals surface area contributed by atoms with E-state index in [4.69, 9.17) is 4.98 Å². The van der Waals surface area contributed by atoms with E-state index in [-0.39, 0.29) is 11.0 Å². The molecule has 1 heterocycles. The quantitative estimate of drug-likeness (QED) is 0.419. The van der Waals surface area contributed by atoms with Crippen LogP contribution >= 0.6 is 0 Å². The van der Waals surface area contributed by atoms with Gasteiger partial charge in [0.1, 0.15) is 5.82 Å². The fraction of sp³-hybridized carbons (Fsp3) is 0.154. The molecule has 4 nitrogen and oxygen atoms in total. The van der Waals surface area contributed by atoms with Gasteiger partial charge in [-0.25, -0.2) is 9.78 Å². The second kappa shape index (κ2) is 7.64. The maximum Gasteiger partial charge on any atom is 0.335 e. The monoisotopic (exact) mass is 396 g/mol. The Hall–Kier alpha value is -3.66. The minimum atomic E-state index is -0.952. The average molecular weight is 396 g/mol. The first-order chi connectivity index (χ1) is 14.3. The molecule has 0 fully saturated rings. The van der Waals surface area contributed by atoms with E-state index >= 15 is 0 Å². The number of benzene rings is 3. The first-order valence-electron chi connectivity index (χ1n) is 9.93. The van der Waals surface area contributed by atoms with Crippen molar-refractivity contribution in [2.75, 3.05) is 0 Å². The lowest BCUT2D eigenvalue weighted by atomic mass is 9.86. The number of H-pyrrole nitrogens is 1. The number of aromatic carboxylic acids is 1. The molecule has 0 amide bonds. The Balaban J connectivity index is 1.87. The molecule has 0 radical (unpaired) electrons. The number of hydrogen-bond donors (Lipinski definition) is 2. The molecule has 150 valence electrons. The number of carboxylic acid groups (broad SMARTS) is 1. The normalized spacial score (nSPS) is 11.4. The predicted octanol–water partition coefficient (Wildman–Crippen LogP) is 6.41. The highest BCUT2D eigenvalue weighted by molar-refractivity contribution is 5.90. The van der Waals surface area contributed by atoms with Gasteiger partial charge in [-0.1, -0.05) is 87.5 Å². The van der Waals surface area contributed by atoms with Crippen LogP contribution in [0.1, 0.15) is 36.7 Å². The van der Waals surface area contributed by atoms with Gasteiger partial charge in [-0.3, -0.25) is 0 Å². The minimum absolute atomic E-state index is 0.0698. The molecule has 1 aromatic heterocycles. The topological polar surface area (TPSA) is 66.0 Å². The largest absolute Gasteiger partial charge is 0.478 e. The summed E-state index contributed by atoms with van der Waals surface area (Å²) >= 11 is 0. The van der Waals surface area contributed by atoms with Crippen LogP contribution in [0.4, 0.5) is 0 Å². The zero-order valence-corrected chi connectivity index (χ0v) is 17.3. The van der Waals surface area contributed by atoms with Gasteiger partial charge in [0.05, 0.1) is 17.0 Å². The van der Waals surface area contributed by atoms with Crippen LogP contribution in [0, 0.1) is 0 Å². The van der Waals surface area contributed by atoms with Crippen LogP contribution in [-0.4, -0.2) is 21.0 Å². The molecule has 30 heavy (non-hydrogen) atoms. The second-order valence-corrected chi connectivity index (χ2v) is 8.39. The van der Waals surface area contributed by atoms with E-state index in [2.05, 4.69) is 50.0 Å². The van der Waals surface area contributed by atoms with Gasteiger partial charge in [0.2, 0.25) is 0 Å². The van der Waals surface area contributed by atoms with Gasteiger partial charge in [-0.15, -0.1) is 0 Å². The van der Waals surface area contributed by atoms with Crippen LogP contribution in [0.2, 0.25) is 0 Å². The molecule has 2 N–H and O–H groups in total. The van der Waals surface area contributed by atoms with Crippen molar-refractivity contribution >= 4 is 5.97 Å². The van der Waals surface area contributed by atoms with Gasteiger partial charge >= 0.3 is 5.97 Å². The smallest absolute Gasteiger partial charge is 0.335 e. The summed E-state index contributed by atoms with van der Waals surface area (Å²) in [5, 5.41) is 9.40. The standard InChI is InChI=1S/C26H24N2O2/c1-26(2,3)21-14-12-17(13-15-21)22-23(19-10-7-11-20(16-19)25(29)30)28-24(27-22)18-8-5-4-6-9-18/h4-16H,1-3H3,(H,27,28)(H,29,30). The Morgan fingerprint density at radius 3 is 2.13 bits per heavy atom. The van der Waals surface area contributed by atoms with E-state index < -0.39 is 5.97 Å². The molecule has 0 saturated carbocycles. The van der Waals surface area contributed by atoms with E-state index in [0.29, 0.717) is 0 Å². The van der Waals surface area contributed by atoms with Crippen molar-refractivity contribution < 1.29 is 9.90 Å². The lowest BCUT2D eigenvalue weighted by molar-refractivity contribution is 0.0697. The summed E-state index contributed by atoms with van der Waals surface area (Å²) in [4.78, 5) is 19.8. The number of rotatable bonds is 4. The minimum Gasteiger partial charge on any atom is -0.478 e. The fourth-order valence-corrected chi connectivity index (χ4v) is 3.46. The average Bonchev–Trinajstić information content (AvgIpc) is 3.19. The lowest BCUT2D eigenvalue weighted by Crippen LogP contribution is -2.10. The highest BCUT2D eigenvalue weighted by Crippen LogP contribution is 2.34. The van der Waals surface area contributed by atoms with Gasteiger partial charge in [0, 0.05) is 16.7 Å². The zero-order valence-electron chi connectivity index (χ0n) is 17.3. The number of nitrogens with one attached hydrogen (secondary N) is 1. The molecule has 0 aliphatic rings. The van der Waals surface area contributed by atoms with E-state index in [1.165, 1.54) is 5.56 Å². The summed E-state index contributed by atoms with van der Waals surface area (Å²) < 4.78 is 0. The molecule has 3 aromatic carbocycles. The summed E-state index contributed by atoms with van der Waals surface area (Å²) in [7, 11) is 0. The van der Waals surface area contributed by atoms with Crippen LogP contribution in [0.25, 0.3) is 33.9 Å². The second-order valence-electron chi connectivity index (χ2n) is 8.39. The van der Waals surface area contributed by atoms with Gasteiger partial charge in [0.25, 0.3) is 0 Å². The lowest BCUT2D eigenvalue weighted by Gasteiger charge is -2.19. The third-order valence-corrected chi connectivity index (χ3v) is 5.17. The van der Waals surface area contributed by atoms with Crippen molar-refractivity contribution in [3.05, 3.63) is 90.0 Å². The molecule has 0 unspecified atom stereocenters. The Bertz CT molecular complexity index is 1180. The molecule has 4 rings (SSSR count). The van der Waals surface area contributed by atoms with Crippen molar-refractivity contribution in [3.63, 3.8) is 0 Å². The van der Waals surface area contributed by atoms with Crippen molar-refractivity contribution in [3.8, 4) is 33.9 Å². The summed E-state index contributed by atoms with van der Waals surface area (Å²) in [6.07, 6.45) is 0. The number of aromatic nitrogens is 2. The molecule has 0 aliphatic carbocycles.